The summed E-state index contributed by atoms with van der Waals surface area (Å²) in [4.78, 5) is 14.2. The Labute approximate surface area is 111 Å². The maximum atomic E-state index is 12.2. The zero-order chi connectivity index (χ0) is 13.0. The topological polar surface area (TPSA) is 32.3 Å². The number of likely N-dealkylation sites (tertiary alicyclic amines) is 1. The largest absolute Gasteiger partial charge is 0.335 e. The predicted octanol–water partition coefficient (Wildman–Crippen LogP) is 3.40. The lowest BCUT2D eigenvalue weighted by atomic mass is 9.79. The van der Waals surface area contributed by atoms with Crippen molar-refractivity contribution in [2.45, 2.75) is 64.8 Å². The molecule has 2 rings (SSSR count). The minimum atomic E-state index is 0.184. The molecule has 0 aromatic heterocycles. The van der Waals surface area contributed by atoms with E-state index in [1.807, 2.05) is 4.90 Å². The second-order valence-electron chi connectivity index (χ2n) is 6.32. The average molecular weight is 252 g/mol. The summed E-state index contributed by atoms with van der Waals surface area (Å²) in [6, 6.07) is 0.593. The smallest absolute Gasteiger partial charge is 0.317 e. The van der Waals surface area contributed by atoms with Crippen LogP contribution in [0.4, 0.5) is 4.79 Å². The summed E-state index contributed by atoms with van der Waals surface area (Å²) in [5.74, 6) is 1.56. The fraction of sp³-hybridized carbons (Fsp3) is 0.933. The van der Waals surface area contributed by atoms with Crippen LogP contribution in [0.1, 0.15) is 58.8 Å². The summed E-state index contributed by atoms with van der Waals surface area (Å²) in [6.45, 7) is 6.54. The summed E-state index contributed by atoms with van der Waals surface area (Å²) >= 11 is 0. The van der Waals surface area contributed by atoms with Gasteiger partial charge in [-0.05, 0) is 43.9 Å². The van der Waals surface area contributed by atoms with Crippen LogP contribution in [0.2, 0.25) is 0 Å². The Kier molecular flexibility index (Phi) is 4.90. The van der Waals surface area contributed by atoms with E-state index in [1.54, 1.807) is 0 Å². The van der Waals surface area contributed by atoms with Gasteiger partial charge in [-0.1, -0.05) is 26.7 Å². The maximum Gasteiger partial charge on any atom is 0.317 e. The second kappa shape index (κ2) is 6.44. The van der Waals surface area contributed by atoms with Crippen molar-refractivity contribution in [2.75, 3.05) is 13.1 Å². The van der Waals surface area contributed by atoms with Crippen LogP contribution in [-0.4, -0.2) is 30.1 Å². The molecule has 2 aliphatic rings. The molecule has 1 aliphatic heterocycles. The Morgan fingerprint density at radius 3 is 2.28 bits per heavy atom. The van der Waals surface area contributed by atoms with Crippen LogP contribution in [0.3, 0.4) is 0 Å². The zero-order valence-corrected chi connectivity index (χ0v) is 12.0. The van der Waals surface area contributed by atoms with E-state index in [2.05, 4.69) is 19.2 Å². The number of carbonyl (C=O) groups excluding carboxylic acids is 1. The third kappa shape index (κ3) is 3.63. The maximum absolute atomic E-state index is 12.2. The van der Waals surface area contributed by atoms with Crippen molar-refractivity contribution in [3.63, 3.8) is 0 Å². The van der Waals surface area contributed by atoms with Crippen molar-refractivity contribution < 1.29 is 4.79 Å². The SMILES string of the molecule is CC1CCC(NC(=O)N2CCCCCC2)CC1C. The Morgan fingerprint density at radius 1 is 1.00 bits per heavy atom. The molecular weight excluding hydrogens is 224 g/mol. The Bertz CT molecular complexity index is 272. The summed E-state index contributed by atoms with van der Waals surface area (Å²) < 4.78 is 0. The lowest BCUT2D eigenvalue weighted by molar-refractivity contribution is 0.179. The first-order chi connectivity index (χ1) is 8.66. The quantitative estimate of drug-likeness (QED) is 0.762. The summed E-state index contributed by atoms with van der Waals surface area (Å²) in [7, 11) is 0. The highest BCUT2D eigenvalue weighted by Gasteiger charge is 2.26. The van der Waals surface area contributed by atoms with Gasteiger partial charge >= 0.3 is 6.03 Å². The minimum Gasteiger partial charge on any atom is -0.335 e. The highest BCUT2D eigenvalue weighted by molar-refractivity contribution is 5.74. The van der Waals surface area contributed by atoms with E-state index < -0.39 is 0 Å². The van der Waals surface area contributed by atoms with Gasteiger partial charge in [0.15, 0.2) is 0 Å². The van der Waals surface area contributed by atoms with Crippen molar-refractivity contribution in [1.82, 2.24) is 10.2 Å². The van der Waals surface area contributed by atoms with E-state index in [0.717, 1.165) is 37.8 Å². The molecule has 104 valence electrons. The number of nitrogens with one attached hydrogen (secondary N) is 1. The van der Waals surface area contributed by atoms with Gasteiger partial charge in [0.25, 0.3) is 0 Å². The molecule has 0 spiro atoms. The molecule has 2 fully saturated rings. The molecule has 3 heteroatoms. The molecule has 0 aromatic carbocycles. The number of rotatable bonds is 1. The average Bonchev–Trinajstić information content (AvgIpc) is 2.62. The number of carbonyl (C=O) groups is 1. The monoisotopic (exact) mass is 252 g/mol. The van der Waals surface area contributed by atoms with Crippen molar-refractivity contribution in [3.8, 4) is 0 Å². The van der Waals surface area contributed by atoms with Crippen molar-refractivity contribution in [3.05, 3.63) is 0 Å². The lowest BCUT2D eigenvalue weighted by Crippen LogP contribution is -2.47. The first kappa shape index (κ1) is 13.7. The molecule has 0 radical (unpaired) electrons. The van der Waals surface area contributed by atoms with Gasteiger partial charge in [-0.15, -0.1) is 0 Å². The van der Waals surface area contributed by atoms with Crippen molar-refractivity contribution in [2.24, 2.45) is 11.8 Å². The molecule has 1 aliphatic carbocycles. The van der Waals surface area contributed by atoms with Crippen LogP contribution in [0, 0.1) is 11.8 Å². The highest BCUT2D eigenvalue weighted by Crippen LogP contribution is 2.29. The fourth-order valence-electron chi connectivity index (χ4n) is 3.22. The van der Waals surface area contributed by atoms with Gasteiger partial charge in [0, 0.05) is 19.1 Å². The van der Waals surface area contributed by atoms with Gasteiger partial charge in [-0.2, -0.15) is 0 Å². The number of nitrogens with zero attached hydrogens (tertiary/aromatic N) is 1. The van der Waals surface area contributed by atoms with Crippen LogP contribution in [-0.2, 0) is 0 Å². The van der Waals surface area contributed by atoms with Gasteiger partial charge in [0.2, 0.25) is 0 Å². The third-order valence-corrected chi connectivity index (χ3v) is 4.82. The first-order valence-corrected chi connectivity index (χ1v) is 7.72. The molecular formula is C15H28N2O. The van der Waals surface area contributed by atoms with E-state index in [1.165, 1.54) is 32.1 Å². The fourth-order valence-corrected chi connectivity index (χ4v) is 3.22. The second-order valence-corrected chi connectivity index (χ2v) is 6.32. The van der Waals surface area contributed by atoms with E-state index in [0.29, 0.717) is 6.04 Å². The van der Waals surface area contributed by atoms with Gasteiger partial charge in [0.1, 0.15) is 0 Å². The molecule has 1 N–H and O–H groups in total. The van der Waals surface area contributed by atoms with Crippen LogP contribution < -0.4 is 5.32 Å². The number of hydrogen-bond acceptors (Lipinski definition) is 1. The Morgan fingerprint density at radius 2 is 1.67 bits per heavy atom. The van der Waals surface area contributed by atoms with Crippen LogP contribution in [0.25, 0.3) is 0 Å². The molecule has 3 nitrogen and oxygen atoms in total. The van der Waals surface area contributed by atoms with Gasteiger partial charge in [-0.3, -0.25) is 0 Å². The van der Waals surface area contributed by atoms with Gasteiger partial charge in [-0.25, -0.2) is 4.79 Å². The van der Waals surface area contributed by atoms with E-state index in [9.17, 15) is 4.79 Å². The highest BCUT2D eigenvalue weighted by atomic mass is 16.2. The molecule has 1 heterocycles. The summed E-state index contributed by atoms with van der Waals surface area (Å²) in [6.07, 6.45) is 8.47. The van der Waals surface area contributed by atoms with Crippen molar-refractivity contribution in [1.29, 1.82) is 0 Å². The normalized spacial score (nSPS) is 33.9. The number of urea groups is 1. The van der Waals surface area contributed by atoms with E-state index in [-0.39, 0.29) is 6.03 Å². The molecule has 18 heavy (non-hydrogen) atoms. The zero-order valence-electron chi connectivity index (χ0n) is 12.0. The number of hydrogen-bond donors (Lipinski definition) is 1. The summed E-state index contributed by atoms with van der Waals surface area (Å²) in [5, 5.41) is 3.25. The molecule has 0 bridgehead atoms. The van der Waals surface area contributed by atoms with Gasteiger partial charge in [0.05, 0.1) is 0 Å². The Balaban J connectivity index is 1.79. The van der Waals surface area contributed by atoms with Crippen LogP contribution in [0.15, 0.2) is 0 Å². The van der Waals surface area contributed by atoms with E-state index in [4.69, 9.17) is 0 Å². The molecule has 1 saturated heterocycles. The van der Waals surface area contributed by atoms with Crippen LogP contribution in [0.5, 0.6) is 0 Å². The number of amides is 2. The third-order valence-electron chi connectivity index (χ3n) is 4.82. The summed E-state index contributed by atoms with van der Waals surface area (Å²) in [5.41, 5.74) is 0. The molecule has 0 aromatic rings. The molecule has 3 unspecified atom stereocenters. The first-order valence-electron chi connectivity index (χ1n) is 7.72. The van der Waals surface area contributed by atoms with E-state index >= 15 is 0 Å². The Hall–Kier alpha value is -0.730. The van der Waals surface area contributed by atoms with Gasteiger partial charge < -0.3 is 10.2 Å². The lowest BCUT2D eigenvalue weighted by Gasteiger charge is -2.34. The molecule has 2 amide bonds. The predicted molar refractivity (Wildman–Crippen MR) is 74.5 cm³/mol. The molecule has 3 atom stereocenters. The van der Waals surface area contributed by atoms with Crippen molar-refractivity contribution >= 4 is 6.03 Å². The minimum absolute atomic E-state index is 0.184. The standard InChI is InChI=1S/C15H28N2O/c1-12-7-8-14(11-13(12)2)16-15(18)17-9-5-3-4-6-10-17/h12-14H,3-11H2,1-2H3,(H,16,18). The van der Waals surface area contributed by atoms with Crippen LogP contribution >= 0.6 is 0 Å². The molecule has 1 saturated carbocycles.